The van der Waals surface area contributed by atoms with Gasteiger partial charge in [-0.2, -0.15) is 0 Å². The van der Waals surface area contributed by atoms with E-state index in [1.165, 1.54) is 31.6 Å². The van der Waals surface area contributed by atoms with Crippen molar-refractivity contribution < 1.29 is 23.8 Å². The van der Waals surface area contributed by atoms with Crippen LogP contribution in [0, 0.1) is 13.8 Å². The number of methoxy groups -OCH3 is 2. The number of esters is 1. The fourth-order valence-electron chi connectivity index (χ4n) is 2.92. The number of Topliss-reactive ketones (excluding diaryl/α,β-unsaturated/α-hetero) is 1. The lowest BCUT2D eigenvalue weighted by Crippen LogP contribution is -2.13. The molecule has 0 unspecified atom stereocenters. The van der Waals surface area contributed by atoms with Crippen LogP contribution in [0.25, 0.3) is 5.13 Å². The van der Waals surface area contributed by atoms with Crippen molar-refractivity contribution >= 4 is 23.1 Å². The number of hydrogen-bond donors (Lipinski definition) is 0. The van der Waals surface area contributed by atoms with Gasteiger partial charge in [-0.1, -0.05) is 0 Å². The lowest BCUT2D eigenvalue weighted by molar-refractivity contribution is 0.0600. The number of ether oxygens (including phenoxy) is 3. The molecule has 0 amide bonds. The first-order chi connectivity index (χ1) is 13.5. The van der Waals surface area contributed by atoms with Crippen LogP contribution in [-0.2, 0) is 4.74 Å². The molecule has 0 saturated heterocycles. The van der Waals surface area contributed by atoms with E-state index in [9.17, 15) is 9.59 Å². The number of carbonyl (C=O) groups is 2. The summed E-state index contributed by atoms with van der Waals surface area (Å²) in [5.74, 6) is 0.0896. The minimum atomic E-state index is -0.476. The first kappa shape index (κ1) is 19.6. The summed E-state index contributed by atoms with van der Waals surface area (Å²) in [5, 5.41) is 2.71. The Morgan fingerprint density at radius 3 is 2.57 bits per heavy atom. The first-order valence-electron chi connectivity index (χ1n) is 8.47. The second-order valence-electron chi connectivity index (χ2n) is 6.00. The van der Waals surface area contributed by atoms with Crippen LogP contribution < -0.4 is 9.47 Å². The summed E-state index contributed by atoms with van der Waals surface area (Å²) in [4.78, 5) is 28.7. The van der Waals surface area contributed by atoms with Gasteiger partial charge in [-0.3, -0.25) is 9.36 Å². The molecule has 0 bridgehead atoms. The van der Waals surface area contributed by atoms with Gasteiger partial charge in [-0.05, 0) is 38.1 Å². The Balaban J connectivity index is 1.78. The van der Waals surface area contributed by atoms with Gasteiger partial charge in [0.1, 0.15) is 0 Å². The molecular formula is C20H20N2O5S. The van der Waals surface area contributed by atoms with Crippen molar-refractivity contribution in [2.24, 2.45) is 0 Å². The molecule has 146 valence electrons. The largest absolute Gasteiger partial charge is 0.493 e. The van der Waals surface area contributed by atoms with Gasteiger partial charge in [0, 0.05) is 28.5 Å². The van der Waals surface area contributed by atoms with Crippen molar-refractivity contribution in [1.82, 2.24) is 9.55 Å². The van der Waals surface area contributed by atoms with Crippen LogP contribution in [0.2, 0.25) is 0 Å². The number of nitrogens with zero attached hydrogens (tertiary/aromatic N) is 2. The SMILES string of the molecule is COC(=O)c1ccc(OCC(=O)c2cc(C)n(-c3nccs3)c2C)c(OC)c1. The monoisotopic (exact) mass is 400 g/mol. The van der Waals surface area contributed by atoms with E-state index < -0.39 is 5.97 Å². The van der Waals surface area contributed by atoms with Gasteiger partial charge in [0.2, 0.25) is 5.78 Å². The van der Waals surface area contributed by atoms with Crippen LogP contribution in [0.3, 0.4) is 0 Å². The van der Waals surface area contributed by atoms with E-state index in [0.29, 0.717) is 22.6 Å². The highest BCUT2D eigenvalue weighted by Crippen LogP contribution is 2.29. The van der Waals surface area contributed by atoms with E-state index in [-0.39, 0.29) is 12.4 Å². The lowest BCUT2D eigenvalue weighted by atomic mass is 10.1. The van der Waals surface area contributed by atoms with Crippen molar-refractivity contribution in [3.63, 3.8) is 0 Å². The van der Waals surface area contributed by atoms with E-state index >= 15 is 0 Å². The van der Waals surface area contributed by atoms with Crippen molar-refractivity contribution in [2.75, 3.05) is 20.8 Å². The maximum absolute atomic E-state index is 12.7. The Morgan fingerprint density at radius 2 is 1.93 bits per heavy atom. The smallest absolute Gasteiger partial charge is 0.337 e. The molecule has 0 atom stereocenters. The number of aromatic nitrogens is 2. The molecule has 0 aliphatic carbocycles. The molecule has 3 aromatic rings. The van der Waals surface area contributed by atoms with E-state index in [2.05, 4.69) is 4.98 Å². The van der Waals surface area contributed by atoms with Crippen LogP contribution >= 0.6 is 11.3 Å². The van der Waals surface area contributed by atoms with Crippen molar-refractivity contribution in [3.05, 3.63) is 58.4 Å². The average molecular weight is 400 g/mol. The zero-order valence-electron chi connectivity index (χ0n) is 16.0. The van der Waals surface area contributed by atoms with Crippen molar-refractivity contribution in [2.45, 2.75) is 13.8 Å². The third-order valence-corrected chi connectivity index (χ3v) is 5.04. The number of carbonyl (C=O) groups excluding carboxylic acids is 2. The summed E-state index contributed by atoms with van der Waals surface area (Å²) in [6, 6.07) is 6.49. The standard InChI is InChI=1S/C20H20N2O5S/c1-12-9-15(13(2)22(12)20-21-7-8-28-20)16(23)11-27-17-6-5-14(19(24)26-4)10-18(17)25-3/h5-10H,11H2,1-4H3. The Kier molecular flexibility index (Phi) is 5.79. The van der Waals surface area contributed by atoms with Crippen LogP contribution in [0.1, 0.15) is 32.1 Å². The molecule has 0 aliphatic heterocycles. The molecule has 2 aromatic heterocycles. The Bertz CT molecular complexity index is 1010. The summed E-state index contributed by atoms with van der Waals surface area (Å²) >= 11 is 1.51. The van der Waals surface area contributed by atoms with Crippen LogP contribution in [0.4, 0.5) is 0 Å². The molecule has 0 radical (unpaired) electrons. The molecule has 8 heteroatoms. The zero-order valence-corrected chi connectivity index (χ0v) is 16.8. The number of ketones is 1. The predicted octanol–water partition coefficient (Wildman–Crippen LogP) is 3.61. The summed E-state index contributed by atoms with van der Waals surface area (Å²) in [5.41, 5.74) is 2.66. The highest BCUT2D eigenvalue weighted by Gasteiger charge is 2.19. The number of rotatable bonds is 7. The molecule has 0 saturated carbocycles. The molecule has 3 rings (SSSR count). The van der Waals surface area contributed by atoms with E-state index in [0.717, 1.165) is 16.5 Å². The molecule has 1 aromatic carbocycles. The summed E-state index contributed by atoms with van der Waals surface area (Å²) in [7, 11) is 2.77. The second kappa shape index (κ2) is 8.26. The van der Waals surface area contributed by atoms with Gasteiger partial charge in [0.05, 0.1) is 19.8 Å². The van der Waals surface area contributed by atoms with E-state index in [1.54, 1.807) is 18.3 Å². The zero-order chi connectivity index (χ0) is 20.3. The van der Waals surface area contributed by atoms with Gasteiger partial charge >= 0.3 is 5.97 Å². The Labute approximate surface area is 166 Å². The Morgan fingerprint density at radius 1 is 1.14 bits per heavy atom. The minimum absolute atomic E-state index is 0.157. The van der Waals surface area contributed by atoms with Crippen molar-refractivity contribution in [1.29, 1.82) is 0 Å². The highest BCUT2D eigenvalue weighted by atomic mass is 32.1. The van der Waals surface area contributed by atoms with Gasteiger partial charge in [0.15, 0.2) is 23.2 Å². The average Bonchev–Trinajstić information content (AvgIpc) is 3.32. The van der Waals surface area contributed by atoms with Crippen LogP contribution in [0.15, 0.2) is 35.8 Å². The fourth-order valence-corrected chi connectivity index (χ4v) is 3.67. The maximum atomic E-state index is 12.7. The molecule has 0 fully saturated rings. The molecule has 7 nitrogen and oxygen atoms in total. The number of aryl methyl sites for hydroxylation is 1. The normalized spacial score (nSPS) is 10.6. The van der Waals surface area contributed by atoms with Gasteiger partial charge in [-0.15, -0.1) is 11.3 Å². The van der Waals surface area contributed by atoms with Gasteiger partial charge < -0.3 is 14.2 Å². The second-order valence-corrected chi connectivity index (χ2v) is 6.88. The number of benzene rings is 1. The molecule has 0 aliphatic rings. The van der Waals surface area contributed by atoms with E-state index in [4.69, 9.17) is 14.2 Å². The highest BCUT2D eigenvalue weighted by molar-refractivity contribution is 7.12. The third kappa shape index (κ3) is 3.77. The van der Waals surface area contributed by atoms with Crippen LogP contribution in [-0.4, -0.2) is 42.1 Å². The molecule has 2 heterocycles. The summed E-state index contributed by atoms with van der Waals surface area (Å²) < 4.78 is 17.6. The summed E-state index contributed by atoms with van der Waals surface area (Å²) in [6.45, 7) is 3.66. The molecule has 28 heavy (non-hydrogen) atoms. The summed E-state index contributed by atoms with van der Waals surface area (Å²) in [6.07, 6.45) is 1.73. The first-order valence-corrected chi connectivity index (χ1v) is 9.35. The number of thiazole rings is 1. The fraction of sp³-hybridized carbons (Fsp3) is 0.250. The lowest BCUT2D eigenvalue weighted by Gasteiger charge is -2.11. The predicted molar refractivity (Wildman–Crippen MR) is 105 cm³/mol. The molecule has 0 spiro atoms. The quantitative estimate of drug-likeness (QED) is 0.445. The van der Waals surface area contributed by atoms with E-state index in [1.807, 2.05) is 29.9 Å². The molecule has 0 N–H and O–H groups in total. The Hall–Kier alpha value is -3.13. The van der Waals surface area contributed by atoms with Crippen LogP contribution in [0.5, 0.6) is 11.5 Å². The maximum Gasteiger partial charge on any atom is 0.337 e. The topological polar surface area (TPSA) is 79.7 Å². The molecular weight excluding hydrogens is 380 g/mol. The number of hydrogen-bond acceptors (Lipinski definition) is 7. The third-order valence-electron chi connectivity index (χ3n) is 4.29. The van der Waals surface area contributed by atoms with Gasteiger partial charge in [0.25, 0.3) is 0 Å². The van der Waals surface area contributed by atoms with Crippen molar-refractivity contribution in [3.8, 4) is 16.6 Å². The van der Waals surface area contributed by atoms with Gasteiger partial charge in [-0.25, -0.2) is 9.78 Å². The minimum Gasteiger partial charge on any atom is -0.493 e.